The minimum atomic E-state index is 0.462. The molecule has 0 bridgehead atoms. The molecular formula is C12H13N3S. The fourth-order valence-corrected chi connectivity index (χ4v) is 3.14. The molecule has 4 heteroatoms. The van der Waals surface area contributed by atoms with E-state index in [1.807, 2.05) is 18.0 Å². The summed E-state index contributed by atoms with van der Waals surface area (Å²) in [5, 5.41) is 3.55. The standard InChI is InChI=1S/C12H13N3S/c1-2-4-12-10(3-1)11(7-16-12)14-6-9-5-13-8-15-9/h1-5,8,11,14H,6-7H2,(H,13,15). The molecule has 0 saturated carbocycles. The van der Waals surface area contributed by atoms with Crippen LogP contribution in [-0.4, -0.2) is 15.7 Å². The highest BCUT2D eigenvalue weighted by molar-refractivity contribution is 7.99. The Kier molecular flexibility index (Phi) is 2.68. The Morgan fingerprint density at radius 1 is 1.44 bits per heavy atom. The van der Waals surface area contributed by atoms with Gasteiger partial charge in [-0.15, -0.1) is 11.8 Å². The molecule has 82 valence electrons. The molecular weight excluding hydrogens is 218 g/mol. The van der Waals surface area contributed by atoms with Crippen LogP contribution in [0.1, 0.15) is 17.3 Å². The molecule has 0 saturated heterocycles. The second kappa shape index (κ2) is 4.31. The smallest absolute Gasteiger partial charge is 0.0922 e. The molecule has 16 heavy (non-hydrogen) atoms. The van der Waals surface area contributed by atoms with Gasteiger partial charge >= 0.3 is 0 Å². The van der Waals surface area contributed by atoms with Crippen LogP contribution in [-0.2, 0) is 6.54 Å². The summed E-state index contributed by atoms with van der Waals surface area (Å²) in [4.78, 5) is 8.52. The number of hydrogen-bond acceptors (Lipinski definition) is 3. The van der Waals surface area contributed by atoms with Crippen LogP contribution in [0, 0.1) is 0 Å². The van der Waals surface area contributed by atoms with E-state index >= 15 is 0 Å². The number of nitrogens with zero attached hydrogens (tertiary/aromatic N) is 1. The fourth-order valence-electron chi connectivity index (χ4n) is 1.95. The van der Waals surface area contributed by atoms with Gasteiger partial charge in [-0.3, -0.25) is 0 Å². The van der Waals surface area contributed by atoms with Gasteiger partial charge in [0.25, 0.3) is 0 Å². The van der Waals surface area contributed by atoms with E-state index in [4.69, 9.17) is 0 Å². The lowest BCUT2D eigenvalue weighted by Crippen LogP contribution is -2.20. The lowest BCUT2D eigenvalue weighted by atomic mass is 10.1. The van der Waals surface area contributed by atoms with Gasteiger partial charge in [-0.05, 0) is 11.6 Å². The van der Waals surface area contributed by atoms with Gasteiger partial charge in [-0.25, -0.2) is 4.98 Å². The number of thioether (sulfide) groups is 1. The van der Waals surface area contributed by atoms with Crippen molar-refractivity contribution >= 4 is 11.8 Å². The summed E-state index contributed by atoms with van der Waals surface area (Å²) in [5.41, 5.74) is 2.56. The summed E-state index contributed by atoms with van der Waals surface area (Å²) >= 11 is 1.92. The highest BCUT2D eigenvalue weighted by atomic mass is 32.2. The number of aromatic amines is 1. The molecule has 1 aromatic carbocycles. The molecule has 0 fully saturated rings. The Hall–Kier alpha value is -1.26. The summed E-state index contributed by atoms with van der Waals surface area (Å²) in [6.45, 7) is 0.847. The fraction of sp³-hybridized carbons (Fsp3) is 0.250. The third-order valence-corrected chi connectivity index (χ3v) is 3.98. The topological polar surface area (TPSA) is 40.7 Å². The monoisotopic (exact) mass is 231 g/mol. The minimum Gasteiger partial charge on any atom is -0.347 e. The highest BCUT2D eigenvalue weighted by Crippen LogP contribution is 2.37. The van der Waals surface area contributed by atoms with E-state index in [0.29, 0.717) is 6.04 Å². The highest BCUT2D eigenvalue weighted by Gasteiger charge is 2.21. The lowest BCUT2D eigenvalue weighted by Gasteiger charge is -2.11. The van der Waals surface area contributed by atoms with Crippen LogP contribution in [0.2, 0.25) is 0 Å². The Balaban J connectivity index is 1.69. The van der Waals surface area contributed by atoms with Crippen molar-refractivity contribution in [3.05, 3.63) is 48.0 Å². The van der Waals surface area contributed by atoms with E-state index in [-0.39, 0.29) is 0 Å². The van der Waals surface area contributed by atoms with Crippen molar-refractivity contribution in [2.24, 2.45) is 0 Å². The number of benzene rings is 1. The van der Waals surface area contributed by atoms with Crippen LogP contribution in [0.3, 0.4) is 0 Å². The number of rotatable bonds is 3. The number of fused-ring (bicyclic) bond motifs is 1. The lowest BCUT2D eigenvalue weighted by molar-refractivity contribution is 0.578. The van der Waals surface area contributed by atoms with Gasteiger partial charge in [0.15, 0.2) is 0 Å². The molecule has 0 spiro atoms. The van der Waals surface area contributed by atoms with E-state index in [0.717, 1.165) is 18.0 Å². The number of aromatic nitrogens is 2. The summed E-state index contributed by atoms with van der Waals surface area (Å²) < 4.78 is 0. The molecule has 1 atom stereocenters. The second-order valence-electron chi connectivity index (χ2n) is 3.86. The van der Waals surface area contributed by atoms with Gasteiger partial charge in [-0.2, -0.15) is 0 Å². The largest absolute Gasteiger partial charge is 0.347 e. The maximum absolute atomic E-state index is 4.01. The summed E-state index contributed by atoms with van der Waals surface area (Å²) in [6, 6.07) is 9.07. The molecule has 0 amide bonds. The summed E-state index contributed by atoms with van der Waals surface area (Å²) in [7, 11) is 0. The molecule has 0 radical (unpaired) electrons. The molecule has 3 rings (SSSR count). The Bertz CT molecular complexity index is 467. The molecule has 3 nitrogen and oxygen atoms in total. The minimum absolute atomic E-state index is 0.462. The van der Waals surface area contributed by atoms with E-state index in [1.165, 1.54) is 10.5 Å². The molecule has 1 aliphatic heterocycles. The molecule has 1 unspecified atom stereocenters. The summed E-state index contributed by atoms with van der Waals surface area (Å²) in [5.74, 6) is 1.12. The third kappa shape index (κ3) is 1.86. The number of H-pyrrole nitrogens is 1. The zero-order valence-corrected chi connectivity index (χ0v) is 9.63. The van der Waals surface area contributed by atoms with Crippen LogP contribution in [0.4, 0.5) is 0 Å². The molecule has 2 N–H and O–H groups in total. The first-order chi connectivity index (χ1) is 7.93. The average Bonchev–Trinajstić information content (AvgIpc) is 2.96. The van der Waals surface area contributed by atoms with Gasteiger partial charge in [0, 0.05) is 35.1 Å². The number of nitrogens with one attached hydrogen (secondary N) is 2. The van der Waals surface area contributed by atoms with Crippen molar-refractivity contribution < 1.29 is 0 Å². The van der Waals surface area contributed by atoms with Gasteiger partial charge in [-0.1, -0.05) is 18.2 Å². The van der Waals surface area contributed by atoms with E-state index < -0.39 is 0 Å². The van der Waals surface area contributed by atoms with Gasteiger partial charge in [0.05, 0.1) is 6.33 Å². The summed E-state index contributed by atoms with van der Waals surface area (Å²) in [6.07, 6.45) is 3.58. The SMILES string of the molecule is c1ccc2c(c1)SCC2NCc1cnc[nH]1. The first kappa shape index (κ1) is 9.93. The normalized spacial score (nSPS) is 18.6. The molecule has 2 heterocycles. The molecule has 2 aromatic rings. The van der Waals surface area contributed by atoms with Crippen molar-refractivity contribution in [1.82, 2.24) is 15.3 Å². The Morgan fingerprint density at radius 2 is 2.38 bits per heavy atom. The average molecular weight is 231 g/mol. The van der Waals surface area contributed by atoms with E-state index in [1.54, 1.807) is 6.33 Å². The first-order valence-corrected chi connectivity index (χ1v) is 6.34. The van der Waals surface area contributed by atoms with Crippen molar-refractivity contribution in [1.29, 1.82) is 0 Å². The maximum Gasteiger partial charge on any atom is 0.0922 e. The zero-order valence-electron chi connectivity index (χ0n) is 8.81. The van der Waals surface area contributed by atoms with Crippen molar-refractivity contribution in [3.63, 3.8) is 0 Å². The first-order valence-electron chi connectivity index (χ1n) is 5.36. The predicted molar refractivity (Wildman–Crippen MR) is 65.3 cm³/mol. The van der Waals surface area contributed by atoms with Crippen LogP contribution in [0.5, 0.6) is 0 Å². The van der Waals surface area contributed by atoms with Gasteiger partial charge in [0.2, 0.25) is 0 Å². The van der Waals surface area contributed by atoms with Crippen LogP contribution >= 0.6 is 11.8 Å². The van der Waals surface area contributed by atoms with E-state index in [2.05, 4.69) is 39.6 Å². The predicted octanol–water partition coefficient (Wildman–Crippen LogP) is 2.35. The van der Waals surface area contributed by atoms with Crippen LogP contribution in [0.25, 0.3) is 0 Å². The second-order valence-corrected chi connectivity index (χ2v) is 4.92. The molecule has 1 aromatic heterocycles. The Morgan fingerprint density at radius 3 is 3.25 bits per heavy atom. The third-order valence-electron chi connectivity index (χ3n) is 2.79. The van der Waals surface area contributed by atoms with Gasteiger partial charge < -0.3 is 10.3 Å². The van der Waals surface area contributed by atoms with Crippen molar-refractivity contribution in [2.75, 3.05) is 5.75 Å². The zero-order chi connectivity index (χ0) is 10.8. The quantitative estimate of drug-likeness (QED) is 0.852. The van der Waals surface area contributed by atoms with Crippen molar-refractivity contribution in [2.45, 2.75) is 17.5 Å². The van der Waals surface area contributed by atoms with Crippen LogP contribution < -0.4 is 5.32 Å². The van der Waals surface area contributed by atoms with E-state index in [9.17, 15) is 0 Å². The van der Waals surface area contributed by atoms with Gasteiger partial charge in [0.1, 0.15) is 0 Å². The molecule has 0 aliphatic carbocycles. The van der Waals surface area contributed by atoms with Crippen LogP contribution in [0.15, 0.2) is 41.7 Å². The number of hydrogen-bond donors (Lipinski definition) is 2. The van der Waals surface area contributed by atoms with Crippen molar-refractivity contribution in [3.8, 4) is 0 Å². The molecule has 1 aliphatic rings. The number of imidazole rings is 1. The maximum atomic E-state index is 4.01. The Labute approximate surface area is 98.7 Å².